The number of carbonyl (C=O) groups is 1. The molecule has 1 unspecified atom stereocenters. The second-order valence-electron chi connectivity index (χ2n) is 4.42. The Balaban J connectivity index is 2.29. The molecule has 0 saturated carbocycles. The molecular weight excluding hydrogens is 202 g/mol. The molecule has 0 spiro atoms. The molecule has 16 heavy (non-hydrogen) atoms. The highest BCUT2D eigenvalue weighted by atomic mass is 16.3. The molecule has 0 aromatic heterocycles. The molecule has 0 aliphatic carbocycles. The van der Waals surface area contributed by atoms with Crippen LogP contribution in [0.25, 0.3) is 0 Å². The number of aliphatic hydroxyl groups excluding tert-OH is 1. The Morgan fingerprint density at radius 2 is 2.06 bits per heavy atom. The molecule has 1 fully saturated rings. The maximum atomic E-state index is 11.8. The molecular formula is C13H17NO2. The summed E-state index contributed by atoms with van der Waals surface area (Å²) in [5.41, 5.74) is 3.28. The second kappa shape index (κ2) is 4.26. The van der Waals surface area contributed by atoms with Crippen molar-refractivity contribution in [3.05, 3.63) is 29.3 Å². The summed E-state index contributed by atoms with van der Waals surface area (Å²) < 4.78 is 0. The highest BCUT2D eigenvalue weighted by Gasteiger charge is 2.27. The van der Waals surface area contributed by atoms with Gasteiger partial charge in [-0.15, -0.1) is 0 Å². The summed E-state index contributed by atoms with van der Waals surface area (Å²) in [6.07, 6.45) is 0.621. The number of aryl methyl sites for hydroxylation is 2. The topological polar surface area (TPSA) is 40.5 Å². The Morgan fingerprint density at radius 3 is 2.75 bits per heavy atom. The van der Waals surface area contributed by atoms with E-state index in [0.29, 0.717) is 13.0 Å². The molecule has 3 heteroatoms. The third kappa shape index (κ3) is 1.95. The van der Waals surface area contributed by atoms with Crippen molar-refractivity contribution in [1.29, 1.82) is 0 Å². The van der Waals surface area contributed by atoms with E-state index in [4.69, 9.17) is 0 Å². The van der Waals surface area contributed by atoms with Gasteiger partial charge in [-0.2, -0.15) is 0 Å². The molecule has 1 amide bonds. The molecule has 0 bridgehead atoms. The van der Waals surface area contributed by atoms with Crippen molar-refractivity contribution < 1.29 is 9.90 Å². The van der Waals surface area contributed by atoms with Gasteiger partial charge in [0.25, 0.3) is 5.91 Å². The van der Waals surface area contributed by atoms with Gasteiger partial charge in [-0.25, -0.2) is 0 Å². The number of carbonyl (C=O) groups excluding carboxylic acids is 1. The first-order chi connectivity index (χ1) is 7.59. The number of hydrogen-bond acceptors (Lipinski definition) is 2. The van der Waals surface area contributed by atoms with Gasteiger partial charge in [0.1, 0.15) is 6.10 Å². The molecule has 0 radical (unpaired) electrons. The third-order valence-electron chi connectivity index (χ3n) is 3.21. The number of amides is 1. The van der Waals surface area contributed by atoms with E-state index < -0.39 is 6.10 Å². The van der Waals surface area contributed by atoms with E-state index >= 15 is 0 Å². The first-order valence-corrected chi connectivity index (χ1v) is 5.66. The summed E-state index contributed by atoms with van der Waals surface area (Å²) in [5.74, 6) is -0.172. The van der Waals surface area contributed by atoms with Crippen molar-refractivity contribution in [3.63, 3.8) is 0 Å². The molecule has 1 atom stereocenters. The lowest BCUT2D eigenvalue weighted by atomic mass is 10.0. The normalized spacial score (nSPS) is 21.3. The number of benzene rings is 1. The van der Waals surface area contributed by atoms with Crippen molar-refractivity contribution in [3.8, 4) is 0 Å². The first-order valence-electron chi connectivity index (χ1n) is 5.66. The smallest absolute Gasteiger partial charge is 0.255 e. The molecule has 1 aliphatic rings. The van der Waals surface area contributed by atoms with Crippen LogP contribution in [0.4, 0.5) is 5.69 Å². The number of nitrogens with zero attached hydrogens (tertiary/aromatic N) is 1. The maximum absolute atomic E-state index is 11.8. The second-order valence-corrected chi connectivity index (χ2v) is 4.42. The fraction of sp³-hybridized carbons (Fsp3) is 0.462. The van der Waals surface area contributed by atoms with E-state index in [1.165, 1.54) is 11.1 Å². The maximum Gasteiger partial charge on any atom is 0.255 e. The fourth-order valence-corrected chi connectivity index (χ4v) is 2.01. The monoisotopic (exact) mass is 219 g/mol. The van der Waals surface area contributed by atoms with Crippen molar-refractivity contribution >= 4 is 11.6 Å². The Hall–Kier alpha value is -1.35. The van der Waals surface area contributed by atoms with Crippen molar-refractivity contribution in [2.45, 2.75) is 32.8 Å². The molecule has 1 N–H and O–H groups in total. The Morgan fingerprint density at radius 1 is 1.31 bits per heavy atom. The molecule has 1 saturated heterocycles. The van der Waals surface area contributed by atoms with Gasteiger partial charge in [0, 0.05) is 12.2 Å². The first kappa shape index (κ1) is 11.1. The van der Waals surface area contributed by atoms with Gasteiger partial charge in [0.2, 0.25) is 0 Å². The van der Waals surface area contributed by atoms with Gasteiger partial charge in [0.05, 0.1) is 0 Å². The fourth-order valence-electron chi connectivity index (χ4n) is 2.01. The lowest BCUT2D eigenvalue weighted by molar-refractivity contribution is -0.128. The molecule has 3 nitrogen and oxygen atoms in total. The van der Waals surface area contributed by atoms with E-state index in [2.05, 4.69) is 0 Å². The van der Waals surface area contributed by atoms with Gasteiger partial charge < -0.3 is 10.0 Å². The Labute approximate surface area is 95.7 Å². The average molecular weight is 219 g/mol. The van der Waals surface area contributed by atoms with Crippen LogP contribution < -0.4 is 4.90 Å². The molecule has 2 rings (SSSR count). The average Bonchev–Trinajstić information content (AvgIpc) is 2.26. The van der Waals surface area contributed by atoms with Crippen LogP contribution in [0, 0.1) is 13.8 Å². The van der Waals surface area contributed by atoms with Gasteiger partial charge in [-0.1, -0.05) is 6.07 Å². The van der Waals surface area contributed by atoms with E-state index in [1.807, 2.05) is 32.0 Å². The zero-order chi connectivity index (χ0) is 11.7. The number of piperidine rings is 1. The standard InChI is InChI=1S/C13H17NO2/c1-9-5-6-11(8-10(9)2)14-7-3-4-12(15)13(14)16/h5-6,8,12,15H,3-4,7H2,1-2H3. The molecule has 1 aliphatic heterocycles. The van der Waals surface area contributed by atoms with Gasteiger partial charge in [-0.3, -0.25) is 4.79 Å². The van der Waals surface area contributed by atoms with Crippen LogP contribution in [0.1, 0.15) is 24.0 Å². The summed E-state index contributed by atoms with van der Waals surface area (Å²) in [6.45, 7) is 4.79. The minimum absolute atomic E-state index is 0.172. The number of rotatable bonds is 1. The Bertz CT molecular complexity index is 414. The summed E-state index contributed by atoms with van der Waals surface area (Å²) in [6, 6.07) is 5.96. The SMILES string of the molecule is Cc1ccc(N2CCCC(O)C2=O)cc1C. The van der Waals surface area contributed by atoms with Crippen LogP contribution in [-0.2, 0) is 4.79 Å². The summed E-state index contributed by atoms with van der Waals surface area (Å²) >= 11 is 0. The Kier molecular flexibility index (Phi) is 2.97. The van der Waals surface area contributed by atoms with Crippen molar-refractivity contribution in [2.75, 3.05) is 11.4 Å². The quantitative estimate of drug-likeness (QED) is 0.782. The van der Waals surface area contributed by atoms with Crippen LogP contribution in [0.3, 0.4) is 0 Å². The van der Waals surface area contributed by atoms with E-state index in [9.17, 15) is 9.90 Å². The predicted octanol–water partition coefficient (Wildman–Crippen LogP) is 1.79. The minimum Gasteiger partial charge on any atom is -0.383 e. The largest absolute Gasteiger partial charge is 0.383 e. The zero-order valence-electron chi connectivity index (χ0n) is 9.73. The van der Waals surface area contributed by atoms with Crippen LogP contribution in [0.15, 0.2) is 18.2 Å². The van der Waals surface area contributed by atoms with E-state index in [0.717, 1.165) is 12.1 Å². The van der Waals surface area contributed by atoms with Crippen LogP contribution >= 0.6 is 0 Å². The molecule has 1 aromatic rings. The van der Waals surface area contributed by atoms with Gasteiger partial charge in [-0.05, 0) is 49.9 Å². The third-order valence-corrected chi connectivity index (χ3v) is 3.21. The lowest BCUT2D eigenvalue weighted by Crippen LogP contribution is -2.44. The van der Waals surface area contributed by atoms with Crippen LogP contribution in [0.5, 0.6) is 0 Å². The molecule has 1 aromatic carbocycles. The van der Waals surface area contributed by atoms with Gasteiger partial charge in [0.15, 0.2) is 0 Å². The number of hydrogen-bond donors (Lipinski definition) is 1. The number of anilines is 1. The predicted molar refractivity (Wildman–Crippen MR) is 63.5 cm³/mol. The highest BCUT2D eigenvalue weighted by Crippen LogP contribution is 2.23. The molecule has 1 heterocycles. The van der Waals surface area contributed by atoms with Crippen LogP contribution in [-0.4, -0.2) is 23.7 Å². The van der Waals surface area contributed by atoms with Crippen molar-refractivity contribution in [1.82, 2.24) is 0 Å². The zero-order valence-corrected chi connectivity index (χ0v) is 9.73. The summed E-state index contributed by atoms with van der Waals surface area (Å²) in [5, 5.41) is 9.54. The molecule has 86 valence electrons. The van der Waals surface area contributed by atoms with Crippen LogP contribution in [0.2, 0.25) is 0 Å². The summed E-state index contributed by atoms with van der Waals surface area (Å²) in [7, 11) is 0. The highest BCUT2D eigenvalue weighted by molar-refractivity contribution is 5.97. The summed E-state index contributed by atoms with van der Waals surface area (Å²) in [4.78, 5) is 13.5. The minimum atomic E-state index is -0.824. The lowest BCUT2D eigenvalue weighted by Gasteiger charge is -2.30. The van der Waals surface area contributed by atoms with E-state index in [-0.39, 0.29) is 5.91 Å². The van der Waals surface area contributed by atoms with Crippen molar-refractivity contribution in [2.24, 2.45) is 0 Å². The van der Waals surface area contributed by atoms with E-state index in [1.54, 1.807) is 4.90 Å². The van der Waals surface area contributed by atoms with Gasteiger partial charge >= 0.3 is 0 Å². The number of aliphatic hydroxyl groups is 1.